The lowest BCUT2D eigenvalue weighted by molar-refractivity contribution is -0.0548. The molecular weight excluding hydrogens is 208 g/mol. The number of hydrogen-bond acceptors (Lipinski definition) is 3. The Labute approximate surface area is 94.1 Å². The standard InChI is InChI=1S/C12H14O4/c1-3-8-15-9(2)16-11-6-4-10(5-7-11)12(13)14/h3-7,9H,1,8H2,2H3,(H,13,14). The molecule has 16 heavy (non-hydrogen) atoms. The topological polar surface area (TPSA) is 55.8 Å². The Morgan fingerprint density at radius 2 is 2.12 bits per heavy atom. The molecule has 0 amide bonds. The fraction of sp³-hybridized carbons (Fsp3) is 0.250. The molecule has 1 unspecified atom stereocenters. The van der Waals surface area contributed by atoms with Gasteiger partial charge in [-0.05, 0) is 31.2 Å². The van der Waals surface area contributed by atoms with Crippen LogP contribution < -0.4 is 4.74 Å². The zero-order chi connectivity index (χ0) is 12.0. The van der Waals surface area contributed by atoms with E-state index in [2.05, 4.69) is 6.58 Å². The molecule has 0 saturated heterocycles. The molecule has 0 saturated carbocycles. The van der Waals surface area contributed by atoms with Crippen LogP contribution in [-0.2, 0) is 4.74 Å². The van der Waals surface area contributed by atoms with Crippen LogP contribution in [-0.4, -0.2) is 24.0 Å². The molecule has 1 atom stereocenters. The smallest absolute Gasteiger partial charge is 0.335 e. The SMILES string of the molecule is C=CCOC(C)Oc1ccc(C(=O)O)cc1. The van der Waals surface area contributed by atoms with Crippen molar-refractivity contribution in [3.63, 3.8) is 0 Å². The van der Waals surface area contributed by atoms with E-state index < -0.39 is 12.3 Å². The highest BCUT2D eigenvalue weighted by Gasteiger charge is 2.05. The van der Waals surface area contributed by atoms with Crippen molar-refractivity contribution in [1.82, 2.24) is 0 Å². The molecule has 0 radical (unpaired) electrons. The molecule has 86 valence electrons. The highest BCUT2D eigenvalue weighted by molar-refractivity contribution is 5.87. The van der Waals surface area contributed by atoms with E-state index in [0.717, 1.165) is 0 Å². The number of carboxylic acid groups (broad SMARTS) is 1. The zero-order valence-electron chi connectivity index (χ0n) is 9.05. The average molecular weight is 222 g/mol. The molecule has 1 rings (SSSR count). The van der Waals surface area contributed by atoms with Gasteiger partial charge in [0, 0.05) is 0 Å². The molecule has 0 heterocycles. The molecule has 1 N–H and O–H groups in total. The largest absolute Gasteiger partial charge is 0.478 e. The Balaban J connectivity index is 2.54. The van der Waals surface area contributed by atoms with E-state index >= 15 is 0 Å². The maximum absolute atomic E-state index is 10.6. The van der Waals surface area contributed by atoms with E-state index in [4.69, 9.17) is 14.6 Å². The van der Waals surface area contributed by atoms with Crippen molar-refractivity contribution in [3.05, 3.63) is 42.5 Å². The molecule has 0 spiro atoms. The van der Waals surface area contributed by atoms with E-state index in [1.807, 2.05) is 0 Å². The number of hydrogen-bond donors (Lipinski definition) is 1. The molecule has 4 nitrogen and oxygen atoms in total. The lowest BCUT2D eigenvalue weighted by atomic mass is 10.2. The van der Waals surface area contributed by atoms with Crippen molar-refractivity contribution in [3.8, 4) is 5.75 Å². The summed E-state index contributed by atoms with van der Waals surface area (Å²) in [5.74, 6) is -0.385. The van der Waals surface area contributed by atoms with Crippen molar-refractivity contribution in [2.24, 2.45) is 0 Å². The van der Waals surface area contributed by atoms with Gasteiger partial charge in [0.15, 0.2) is 6.29 Å². The van der Waals surface area contributed by atoms with Crippen LogP contribution in [0.5, 0.6) is 5.75 Å². The fourth-order valence-corrected chi connectivity index (χ4v) is 1.11. The summed E-state index contributed by atoms with van der Waals surface area (Å²) in [6.45, 7) is 5.69. The third-order valence-corrected chi connectivity index (χ3v) is 1.85. The third kappa shape index (κ3) is 3.74. The van der Waals surface area contributed by atoms with Crippen molar-refractivity contribution >= 4 is 5.97 Å². The molecule has 1 aromatic rings. The first kappa shape index (κ1) is 12.3. The number of carboxylic acids is 1. The quantitative estimate of drug-likeness (QED) is 0.592. The van der Waals surface area contributed by atoms with Crippen LogP contribution in [0.1, 0.15) is 17.3 Å². The molecule has 0 aliphatic rings. The highest BCUT2D eigenvalue weighted by Crippen LogP contribution is 2.14. The predicted octanol–water partition coefficient (Wildman–Crippen LogP) is 2.31. The lowest BCUT2D eigenvalue weighted by Gasteiger charge is -2.14. The molecular formula is C12H14O4. The molecule has 1 aromatic carbocycles. The Morgan fingerprint density at radius 1 is 1.50 bits per heavy atom. The van der Waals surface area contributed by atoms with E-state index in [1.165, 1.54) is 12.1 Å². The second-order valence-electron chi connectivity index (χ2n) is 3.14. The van der Waals surface area contributed by atoms with Gasteiger partial charge < -0.3 is 14.6 Å². The van der Waals surface area contributed by atoms with Crippen LogP contribution in [0.3, 0.4) is 0 Å². The maximum Gasteiger partial charge on any atom is 0.335 e. The van der Waals surface area contributed by atoms with Gasteiger partial charge in [-0.2, -0.15) is 0 Å². The van der Waals surface area contributed by atoms with Crippen molar-refractivity contribution in [2.45, 2.75) is 13.2 Å². The van der Waals surface area contributed by atoms with Crippen LogP contribution in [0.2, 0.25) is 0 Å². The van der Waals surface area contributed by atoms with Gasteiger partial charge in [-0.3, -0.25) is 0 Å². The summed E-state index contributed by atoms with van der Waals surface area (Å²) in [4.78, 5) is 10.6. The summed E-state index contributed by atoms with van der Waals surface area (Å²) in [5.41, 5.74) is 0.229. The van der Waals surface area contributed by atoms with Gasteiger partial charge in [0.25, 0.3) is 0 Å². The van der Waals surface area contributed by atoms with Gasteiger partial charge in [0.1, 0.15) is 5.75 Å². The summed E-state index contributed by atoms with van der Waals surface area (Å²) in [6, 6.07) is 6.16. The van der Waals surface area contributed by atoms with E-state index in [-0.39, 0.29) is 5.56 Å². The molecule has 0 bridgehead atoms. The van der Waals surface area contributed by atoms with Gasteiger partial charge in [-0.15, -0.1) is 6.58 Å². The van der Waals surface area contributed by atoms with Gasteiger partial charge in [-0.25, -0.2) is 4.79 Å². The highest BCUT2D eigenvalue weighted by atomic mass is 16.7. The third-order valence-electron chi connectivity index (χ3n) is 1.85. The minimum Gasteiger partial charge on any atom is -0.478 e. The van der Waals surface area contributed by atoms with Crippen molar-refractivity contribution in [2.75, 3.05) is 6.61 Å². The van der Waals surface area contributed by atoms with Crippen LogP contribution in [0, 0.1) is 0 Å². The lowest BCUT2D eigenvalue weighted by Crippen LogP contribution is -2.16. The fourth-order valence-electron chi connectivity index (χ4n) is 1.11. The van der Waals surface area contributed by atoms with Gasteiger partial charge in [0.2, 0.25) is 0 Å². The maximum atomic E-state index is 10.6. The molecule has 0 aromatic heterocycles. The zero-order valence-corrected chi connectivity index (χ0v) is 9.05. The summed E-state index contributed by atoms with van der Waals surface area (Å²) >= 11 is 0. The first-order chi connectivity index (χ1) is 7.63. The Bertz CT molecular complexity index is 356. The Morgan fingerprint density at radius 3 is 2.62 bits per heavy atom. The molecule has 4 heteroatoms. The van der Waals surface area contributed by atoms with E-state index in [1.54, 1.807) is 25.1 Å². The Hall–Kier alpha value is -1.81. The van der Waals surface area contributed by atoms with Crippen molar-refractivity contribution < 1.29 is 19.4 Å². The summed E-state index contributed by atoms with van der Waals surface area (Å²) in [7, 11) is 0. The van der Waals surface area contributed by atoms with Gasteiger partial charge in [-0.1, -0.05) is 6.08 Å². The first-order valence-electron chi connectivity index (χ1n) is 4.86. The van der Waals surface area contributed by atoms with E-state index in [0.29, 0.717) is 12.4 Å². The van der Waals surface area contributed by atoms with Gasteiger partial charge in [0.05, 0.1) is 12.2 Å². The molecule has 0 aliphatic carbocycles. The summed E-state index contributed by atoms with van der Waals surface area (Å²) < 4.78 is 10.6. The minimum absolute atomic E-state index is 0.229. The molecule has 0 fully saturated rings. The minimum atomic E-state index is -0.956. The number of benzene rings is 1. The average Bonchev–Trinajstić information content (AvgIpc) is 2.27. The second kappa shape index (κ2) is 5.92. The monoisotopic (exact) mass is 222 g/mol. The van der Waals surface area contributed by atoms with Crippen molar-refractivity contribution in [1.29, 1.82) is 0 Å². The van der Waals surface area contributed by atoms with Gasteiger partial charge >= 0.3 is 5.97 Å². The number of carbonyl (C=O) groups is 1. The number of rotatable bonds is 6. The Kier molecular flexibility index (Phi) is 4.54. The van der Waals surface area contributed by atoms with Crippen LogP contribution in [0.15, 0.2) is 36.9 Å². The van der Waals surface area contributed by atoms with Crippen LogP contribution >= 0.6 is 0 Å². The predicted molar refractivity (Wildman–Crippen MR) is 59.6 cm³/mol. The number of aromatic carboxylic acids is 1. The molecule has 0 aliphatic heterocycles. The normalized spacial score (nSPS) is 11.8. The van der Waals surface area contributed by atoms with Crippen LogP contribution in [0.25, 0.3) is 0 Å². The summed E-state index contributed by atoms with van der Waals surface area (Å²) in [6.07, 6.45) is 1.24. The number of ether oxygens (including phenoxy) is 2. The second-order valence-corrected chi connectivity index (χ2v) is 3.14. The summed E-state index contributed by atoms with van der Waals surface area (Å²) in [5, 5.41) is 8.70. The van der Waals surface area contributed by atoms with E-state index in [9.17, 15) is 4.79 Å². The van der Waals surface area contributed by atoms with Crippen LogP contribution in [0.4, 0.5) is 0 Å². The first-order valence-corrected chi connectivity index (χ1v) is 4.86.